The molecule has 0 saturated carbocycles. The molecule has 0 aliphatic heterocycles. The fourth-order valence-electron chi connectivity index (χ4n) is 2.02. The van der Waals surface area contributed by atoms with Gasteiger partial charge in [-0.25, -0.2) is 4.39 Å². The Kier molecular flexibility index (Phi) is 9.34. The molecule has 136 valence electrons. The fraction of sp³-hybridized carbons (Fsp3) is 0.278. The minimum absolute atomic E-state index is 0. The summed E-state index contributed by atoms with van der Waals surface area (Å²) in [6, 6.07) is 12.7. The van der Waals surface area contributed by atoms with Crippen LogP contribution in [0, 0.1) is 5.82 Å². The molecule has 0 bridgehead atoms. The second-order valence-corrected chi connectivity index (χ2v) is 6.31. The van der Waals surface area contributed by atoms with Crippen molar-refractivity contribution in [3.05, 3.63) is 59.9 Å². The first-order valence-electron chi connectivity index (χ1n) is 7.61. The molecule has 0 aliphatic carbocycles. The molecule has 1 unspecified atom stereocenters. The Bertz CT molecular complexity index is 670. The highest BCUT2D eigenvalue weighted by molar-refractivity contribution is 7.98. The topological polar surface area (TPSA) is 64.4 Å². The standard InChI is InChI=1S/C18H21FN2O2S.ClH/c1-24-10-9-17(20)18(22)21-15-3-2-4-16(11-15)23-12-13-5-7-14(19)8-6-13;/h2-8,11,17H,9-10,12,20H2,1H3,(H,21,22);1H. The number of anilines is 1. The van der Waals surface area contributed by atoms with Crippen LogP contribution in [0.3, 0.4) is 0 Å². The van der Waals surface area contributed by atoms with Crippen molar-refractivity contribution >= 4 is 35.8 Å². The second-order valence-electron chi connectivity index (χ2n) is 5.32. The molecule has 7 heteroatoms. The summed E-state index contributed by atoms with van der Waals surface area (Å²) in [6.45, 7) is 0.324. The molecule has 4 nitrogen and oxygen atoms in total. The van der Waals surface area contributed by atoms with Gasteiger partial charge in [0.05, 0.1) is 6.04 Å². The van der Waals surface area contributed by atoms with Crippen molar-refractivity contribution in [2.45, 2.75) is 19.1 Å². The lowest BCUT2D eigenvalue weighted by Gasteiger charge is -2.13. The first-order valence-corrected chi connectivity index (χ1v) is 9.00. The zero-order valence-corrected chi connectivity index (χ0v) is 15.5. The van der Waals surface area contributed by atoms with Crippen LogP contribution >= 0.6 is 24.2 Å². The third-order valence-corrected chi connectivity index (χ3v) is 4.03. The Labute approximate surface area is 157 Å². The normalized spacial score (nSPS) is 11.3. The van der Waals surface area contributed by atoms with E-state index < -0.39 is 6.04 Å². The summed E-state index contributed by atoms with van der Waals surface area (Å²) in [4.78, 5) is 12.0. The van der Waals surface area contributed by atoms with Crippen LogP contribution in [0.15, 0.2) is 48.5 Å². The highest BCUT2D eigenvalue weighted by Gasteiger charge is 2.13. The number of rotatable bonds is 8. The third kappa shape index (κ3) is 7.34. The van der Waals surface area contributed by atoms with Gasteiger partial charge in [0.25, 0.3) is 0 Å². The van der Waals surface area contributed by atoms with Crippen molar-refractivity contribution < 1.29 is 13.9 Å². The zero-order valence-electron chi connectivity index (χ0n) is 13.9. The first-order chi connectivity index (χ1) is 11.6. The van der Waals surface area contributed by atoms with Crippen molar-refractivity contribution in [2.24, 2.45) is 5.73 Å². The number of carbonyl (C=O) groups is 1. The van der Waals surface area contributed by atoms with Crippen LogP contribution in [0.1, 0.15) is 12.0 Å². The van der Waals surface area contributed by atoms with Gasteiger partial charge in [-0.1, -0.05) is 18.2 Å². The van der Waals surface area contributed by atoms with Crippen molar-refractivity contribution in [3.8, 4) is 5.75 Å². The molecule has 0 aromatic heterocycles. The van der Waals surface area contributed by atoms with Gasteiger partial charge >= 0.3 is 0 Å². The average Bonchev–Trinajstić information content (AvgIpc) is 2.59. The Morgan fingerprint density at radius 1 is 1.28 bits per heavy atom. The molecule has 2 aromatic carbocycles. The van der Waals surface area contributed by atoms with E-state index in [0.717, 1.165) is 11.3 Å². The van der Waals surface area contributed by atoms with Gasteiger partial charge < -0.3 is 15.8 Å². The predicted octanol–water partition coefficient (Wildman–Crippen LogP) is 3.85. The fourth-order valence-corrected chi connectivity index (χ4v) is 2.51. The molecular weight excluding hydrogens is 363 g/mol. The largest absolute Gasteiger partial charge is 0.489 e. The summed E-state index contributed by atoms with van der Waals surface area (Å²) in [5, 5.41) is 2.79. The summed E-state index contributed by atoms with van der Waals surface area (Å²) in [7, 11) is 0. The molecular formula is C18H22ClFN2O2S. The van der Waals surface area contributed by atoms with Gasteiger partial charge in [-0.3, -0.25) is 4.79 Å². The number of benzene rings is 2. The van der Waals surface area contributed by atoms with Crippen molar-refractivity contribution in [1.29, 1.82) is 0 Å². The highest BCUT2D eigenvalue weighted by atomic mass is 35.5. The number of nitrogens with one attached hydrogen (secondary N) is 1. The van der Waals surface area contributed by atoms with E-state index in [0.29, 0.717) is 24.5 Å². The number of hydrogen-bond donors (Lipinski definition) is 2. The summed E-state index contributed by atoms with van der Waals surface area (Å²) in [6.07, 6.45) is 2.61. The first kappa shape index (κ1) is 21.3. The lowest BCUT2D eigenvalue weighted by Crippen LogP contribution is -2.36. The monoisotopic (exact) mass is 384 g/mol. The summed E-state index contributed by atoms with van der Waals surface area (Å²) < 4.78 is 18.5. The van der Waals surface area contributed by atoms with Gasteiger partial charge in [0, 0.05) is 11.8 Å². The van der Waals surface area contributed by atoms with Crippen LogP contribution in [-0.4, -0.2) is 24.0 Å². The molecule has 2 rings (SSSR count). The molecule has 0 radical (unpaired) electrons. The number of carbonyl (C=O) groups excluding carboxylic acids is 1. The van der Waals surface area contributed by atoms with E-state index in [1.54, 1.807) is 48.2 Å². The molecule has 0 spiro atoms. The predicted molar refractivity (Wildman–Crippen MR) is 104 cm³/mol. The molecule has 3 N–H and O–H groups in total. The minimum atomic E-state index is -0.527. The van der Waals surface area contributed by atoms with Gasteiger partial charge in [-0.2, -0.15) is 11.8 Å². The van der Waals surface area contributed by atoms with E-state index in [-0.39, 0.29) is 24.1 Å². The molecule has 0 aliphatic rings. The summed E-state index contributed by atoms with van der Waals surface area (Å²) >= 11 is 1.66. The average molecular weight is 385 g/mol. The summed E-state index contributed by atoms with van der Waals surface area (Å²) in [5.74, 6) is 0.978. The van der Waals surface area contributed by atoms with E-state index in [4.69, 9.17) is 10.5 Å². The van der Waals surface area contributed by atoms with Crippen LogP contribution in [-0.2, 0) is 11.4 Å². The molecule has 25 heavy (non-hydrogen) atoms. The zero-order chi connectivity index (χ0) is 17.4. The number of halogens is 2. The van der Waals surface area contributed by atoms with Gasteiger partial charge in [-0.15, -0.1) is 12.4 Å². The number of hydrogen-bond acceptors (Lipinski definition) is 4. The SMILES string of the molecule is CSCCC(N)C(=O)Nc1cccc(OCc2ccc(F)cc2)c1.Cl. The maximum Gasteiger partial charge on any atom is 0.241 e. The Morgan fingerprint density at radius 2 is 2.00 bits per heavy atom. The quantitative estimate of drug-likeness (QED) is 0.725. The van der Waals surface area contributed by atoms with Gasteiger partial charge in [0.15, 0.2) is 0 Å². The Hall–Kier alpha value is -1.76. The number of ether oxygens (including phenoxy) is 1. The molecule has 1 atom stereocenters. The molecule has 1 amide bonds. The van der Waals surface area contributed by atoms with E-state index >= 15 is 0 Å². The molecule has 0 fully saturated rings. The van der Waals surface area contributed by atoms with Crippen molar-refractivity contribution in [3.63, 3.8) is 0 Å². The second kappa shape index (κ2) is 11.0. The number of nitrogens with two attached hydrogens (primary N) is 1. The smallest absolute Gasteiger partial charge is 0.241 e. The van der Waals surface area contributed by atoms with Gasteiger partial charge in [0.1, 0.15) is 18.2 Å². The minimum Gasteiger partial charge on any atom is -0.489 e. The number of amides is 1. The lowest BCUT2D eigenvalue weighted by molar-refractivity contribution is -0.117. The lowest BCUT2D eigenvalue weighted by atomic mass is 10.2. The maximum atomic E-state index is 12.9. The highest BCUT2D eigenvalue weighted by Crippen LogP contribution is 2.19. The van der Waals surface area contributed by atoms with Crippen LogP contribution < -0.4 is 15.8 Å². The van der Waals surface area contributed by atoms with Crippen molar-refractivity contribution in [1.82, 2.24) is 0 Å². The van der Waals surface area contributed by atoms with E-state index in [2.05, 4.69) is 5.32 Å². The summed E-state index contributed by atoms with van der Waals surface area (Å²) in [5.41, 5.74) is 7.35. The molecule has 2 aromatic rings. The molecule has 0 saturated heterocycles. The van der Waals surface area contributed by atoms with Crippen LogP contribution in [0.2, 0.25) is 0 Å². The van der Waals surface area contributed by atoms with E-state index in [1.165, 1.54) is 12.1 Å². The number of thioether (sulfide) groups is 1. The molecule has 0 heterocycles. The van der Waals surface area contributed by atoms with Gasteiger partial charge in [0.2, 0.25) is 5.91 Å². The van der Waals surface area contributed by atoms with E-state index in [1.807, 2.05) is 6.26 Å². The van der Waals surface area contributed by atoms with Crippen LogP contribution in [0.5, 0.6) is 5.75 Å². The van der Waals surface area contributed by atoms with Gasteiger partial charge in [-0.05, 0) is 48.3 Å². The van der Waals surface area contributed by atoms with E-state index in [9.17, 15) is 9.18 Å². The van der Waals surface area contributed by atoms with Crippen LogP contribution in [0.25, 0.3) is 0 Å². The third-order valence-electron chi connectivity index (χ3n) is 3.39. The Morgan fingerprint density at radius 3 is 2.68 bits per heavy atom. The Balaban J connectivity index is 0.00000312. The van der Waals surface area contributed by atoms with Crippen molar-refractivity contribution in [2.75, 3.05) is 17.3 Å². The van der Waals surface area contributed by atoms with Crippen LogP contribution in [0.4, 0.5) is 10.1 Å². The maximum absolute atomic E-state index is 12.9.